The highest BCUT2D eigenvalue weighted by Gasteiger charge is 2.00. The summed E-state index contributed by atoms with van der Waals surface area (Å²) < 4.78 is 42.0. The van der Waals surface area contributed by atoms with Crippen molar-refractivity contribution < 1.29 is 47.5 Å². The van der Waals surface area contributed by atoms with Gasteiger partial charge in [-0.1, -0.05) is 0 Å². The van der Waals surface area contributed by atoms with Gasteiger partial charge in [0.25, 0.3) is 0 Å². The lowest BCUT2D eigenvalue weighted by molar-refractivity contribution is -0.146. The second-order valence-corrected chi connectivity index (χ2v) is 6.74. The molecule has 0 bridgehead atoms. The van der Waals surface area contributed by atoms with Crippen LogP contribution in [0.4, 0.5) is 5.69 Å². The fraction of sp³-hybridized carbons (Fsp3) is 0.652. The van der Waals surface area contributed by atoms with E-state index in [1.165, 1.54) is 14.0 Å². The Bertz CT molecular complexity index is 641. The predicted molar refractivity (Wildman–Crippen MR) is 123 cm³/mol. The van der Waals surface area contributed by atoms with Gasteiger partial charge in [-0.25, -0.2) is 4.79 Å². The molecule has 0 saturated heterocycles. The number of benzene rings is 1. The van der Waals surface area contributed by atoms with Crippen LogP contribution in [-0.4, -0.2) is 105 Å². The summed E-state index contributed by atoms with van der Waals surface area (Å²) in [6.45, 7) is 6.76. The van der Waals surface area contributed by atoms with Gasteiger partial charge in [-0.2, -0.15) is 0 Å². The zero-order valence-electron chi connectivity index (χ0n) is 20.1. The van der Waals surface area contributed by atoms with Crippen LogP contribution < -0.4 is 10.1 Å². The summed E-state index contributed by atoms with van der Waals surface area (Å²) in [4.78, 5) is 21.8. The molecule has 0 heterocycles. The summed E-state index contributed by atoms with van der Waals surface area (Å²) in [7, 11) is 1.31. The molecule has 1 amide bonds. The zero-order chi connectivity index (χ0) is 24.7. The maximum absolute atomic E-state index is 11.0. The van der Waals surface area contributed by atoms with Crippen LogP contribution in [0.5, 0.6) is 5.75 Å². The van der Waals surface area contributed by atoms with Crippen LogP contribution in [0.15, 0.2) is 24.3 Å². The molecule has 0 radical (unpaired) electrons. The van der Waals surface area contributed by atoms with Crippen molar-refractivity contribution in [3.05, 3.63) is 24.3 Å². The average molecular weight is 488 g/mol. The first kappa shape index (κ1) is 29.8. The molecule has 0 aliphatic heterocycles. The molecule has 11 nitrogen and oxygen atoms in total. The number of hydrogen-bond acceptors (Lipinski definition) is 10. The van der Waals surface area contributed by atoms with E-state index < -0.39 is 5.97 Å². The Morgan fingerprint density at radius 3 is 1.47 bits per heavy atom. The highest BCUT2D eigenvalue weighted by Crippen LogP contribution is 2.15. The number of methoxy groups -OCH3 is 1. The lowest BCUT2D eigenvalue weighted by atomic mass is 10.3. The minimum atomic E-state index is -0.409. The molecule has 1 N–H and O–H groups in total. The molecule has 0 saturated carbocycles. The highest BCUT2D eigenvalue weighted by molar-refractivity contribution is 5.88. The second kappa shape index (κ2) is 21.3. The first-order valence-electron chi connectivity index (χ1n) is 11.2. The quantitative estimate of drug-likeness (QED) is 0.189. The van der Waals surface area contributed by atoms with Gasteiger partial charge < -0.3 is 43.2 Å². The van der Waals surface area contributed by atoms with Gasteiger partial charge in [-0.05, 0) is 24.3 Å². The number of esters is 1. The predicted octanol–water partition coefficient (Wildman–Crippen LogP) is 1.30. The number of anilines is 1. The van der Waals surface area contributed by atoms with E-state index in [1.807, 2.05) is 0 Å². The molecule has 0 aliphatic carbocycles. The molecule has 1 aromatic rings. The van der Waals surface area contributed by atoms with Gasteiger partial charge in [0.1, 0.15) is 19.0 Å². The Morgan fingerprint density at radius 1 is 0.647 bits per heavy atom. The van der Waals surface area contributed by atoms with Gasteiger partial charge >= 0.3 is 5.97 Å². The fourth-order valence-electron chi connectivity index (χ4n) is 2.37. The Labute approximate surface area is 200 Å². The molecule has 0 unspecified atom stereocenters. The molecule has 0 atom stereocenters. The summed E-state index contributed by atoms with van der Waals surface area (Å²) in [5, 5.41) is 2.70. The molecule has 194 valence electrons. The largest absolute Gasteiger partial charge is 0.491 e. The van der Waals surface area contributed by atoms with Gasteiger partial charge in [-0.3, -0.25) is 4.79 Å². The van der Waals surface area contributed by atoms with Crippen molar-refractivity contribution in [1.82, 2.24) is 0 Å². The number of hydrogen-bond donors (Lipinski definition) is 1. The third-order valence-electron chi connectivity index (χ3n) is 3.98. The summed E-state index contributed by atoms with van der Waals surface area (Å²) >= 11 is 0. The molecular weight excluding hydrogens is 450 g/mol. The Hall–Kier alpha value is -2.28. The molecule has 0 spiro atoms. The highest BCUT2D eigenvalue weighted by atomic mass is 16.6. The molecule has 0 fully saturated rings. The Balaban J connectivity index is 1.76. The molecule has 34 heavy (non-hydrogen) atoms. The van der Waals surface area contributed by atoms with E-state index >= 15 is 0 Å². The van der Waals surface area contributed by atoms with Crippen LogP contribution in [-0.2, 0) is 42.7 Å². The van der Waals surface area contributed by atoms with E-state index in [1.54, 1.807) is 24.3 Å². The normalized spacial score (nSPS) is 10.8. The number of carbonyl (C=O) groups excluding carboxylic acids is 2. The van der Waals surface area contributed by atoms with Crippen LogP contribution in [0, 0.1) is 0 Å². The van der Waals surface area contributed by atoms with Crippen LogP contribution >= 0.6 is 0 Å². The van der Waals surface area contributed by atoms with Gasteiger partial charge in [-0.15, -0.1) is 0 Å². The average Bonchev–Trinajstić information content (AvgIpc) is 2.83. The van der Waals surface area contributed by atoms with Crippen molar-refractivity contribution in [3.8, 4) is 5.75 Å². The standard InChI is InChI=1S/C23H37NO10/c1-20(25)24-21-3-5-22(6-4-21)34-18-17-32-14-13-30-10-9-28-7-8-29-11-12-31-15-16-33-19-23(26)27-2/h3-6H,7-19H2,1-2H3,(H,24,25). The molecule has 0 aromatic heterocycles. The maximum Gasteiger partial charge on any atom is 0.331 e. The van der Waals surface area contributed by atoms with Gasteiger partial charge in [0.2, 0.25) is 5.91 Å². The van der Waals surface area contributed by atoms with E-state index in [-0.39, 0.29) is 12.5 Å². The summed E-state index contributed by atoms with van der Waals surface area (Å²) in [5.41, 5.74) is 0.729. The van der Waals surface area contributed by atoms with Gasteiger partial charge in [0.15, 0.2) is 0 Å². The summed E-state index contributed by atoms with van der Waals surface area (Å²) in [5.74, 6) is 0.193. The van der Waals surface area contributed by atoms with Crippen molar-refractivity contribution in [2.75, 3.05) is 98.3 Å². The topological polar surface area (TPSA) is 120 Å². The van der Waals surface area contributed by atoms with Crippen molar-refractivity contribution in [2.45, 2.75) is 6.92 Å². The van der Waals surface area contributed by atoms with E-state index in [9.17, 15) is 9.59 Å². The first-order valence-corrected chi connectivity index (χ1v) is 11.2. The van der Waals surface area contributed by atoms with E-state index in [4.69, 9.17) is 33.2 Å². The SMILES string of the molecule is COC(=O)COCCOCCOCCOCCOCCOCCOc1ccc(NC(C)=O)cc1. The molecular formula is C23H37NO10. The zero-order valence-corrected chi connectivity index (χ0v) is 20.1. The molecule has 11 heteroatoms. The number of carbonyl (C=O) groups is 2. The second-order valence-electron chi connectivity index (χ2n) is 6.74. The number of ether oxygens (including phenoxy) is 8. The molecule has 0 aliphatic rings. The monoisotopic (exact) mass is 487 g/mol. The number of rotatable bonds is 22. The Morgan fingerprint density at radius 2 is 1.06 bits per heavy atom. The lowest BCUT2D eigenvalue weighted by Gasteiger charge is -2.09. The molecule has 1 aromatic carbocycles. The third kappa shape index (κ3) is 18.2. The van der Waals surface area contributed by atoms with Crippen LogP contribution in [0.3, 0.4) is 0 Å². The number of nitrogens with one attached hydrogen (secondary N) is 1. The minimum Gasteiger partial charge on any atom is -0.491 e. The van der Waals surface area contributed by atoms with E-state index in [0.717, 1.165) is 5.69 Å². The fourth-order valence-corrected chi connectivity index (χ4v) is 2.37. The van der Waals surface area contributed by atoms with E-state index in [0.29, 0.717) is 85.0 Å². The van der Waals surface area contributed by atoms with Crippen molar-refractivity contribution in [3.63, 3.8) is 0 Å². The summed E-state index contributed by atoms with van der Waals surface area (Å²) in [6, 6.07) is 7.15. The van der Waals surface area contributed by atoms with E-state index in [2.05, 4.69) is 10.1 Å². The lowest BCUT2D eigenvalue weighted by Crippen LogP contribution is -2.16. The maximum atomic E-state index is 11.0. The van der Waals surface area contributed by atoms with Gasteiger partial charge in [0, 0.05) is 12.6 Å². The van der Waals surface area contributed by atoms with Crippen LogP contribution in [0.25, 0.3) is 0 Å². The van der Waals surface area contributed by atoms with Crippen molar-refractivity contribution in [1.29, 1.82) is 0 Å². The number of amides is 1. The van der Waals surface area contributed by atoms with Crippen molar-refractivity contribution in [2.24, 2.45) is 0 Å². The summed E-state index contributed by atoms with van der Waals surface area (Å²) in [6.07, 6.45) is 0. The van der Waals surface area contributed by atoms with Gasteiger partial charge in [0.05, 0.1) is 79.8 Å². The van der Waals surface area contributed by atoms with Crippen LogP contribution in [0.2, 0.25) is 0 Å². The smallest absolute Gasteiger partial charge is 0.331 e. The third-order valence-corrected chi connectivity index (χ3v) is 3.98. The van der Waals surface area contributed by atoms with Crippen LogP contribution in [0.1, 0.15) is 6.92 Å². The minimum absolute atomic E-state index is 0.0709. The first-order chi connectivity index (χ1) is 16.6. The molecule has 1 rings (SSSR count). The Kier molecular flexibility index (Phi) is 18.6. The van der Waals surface area contributed by atoms with Crippen molar-refractivity contribution >= 4 is 17.6 Å².